The summed E-state index contributed by atoms with van der Waals surface area (Å²) in [7, 11) is -1.35. The molecular formula is C16H24ClN3O3S. The predicted molar refractivity (Wildman–Crippen MR) is 97.6 cm³/mol. The normalized spacial score (nSPS) is 20.0. The van der Waals surface area contributed by atoms with Crippen molar-refractivity contribution < 1.29 is 13.2 Å². The van der Waals surface area contributed by atoms with E-state index in [1.54, 1.807) is 12.1 Å². The number of likely N-dealkylation sites (N-methyl/N-ethyl adjacent to an activating group) is 1. The van der Waals surface area contributed by atoms with Crippen molar-refractivity contribution in [3.63, 3.8) is 0 Å². The molecule has 8 heteroatoms. The average molecular weight is 374 g/mol. The molecule has 1 aromatic carbocycles. The minimum atomic E-state index is -3.25. The number of sulfonamides is 1. The summed E-state index contributed by atoms with van der Waals surface area (Å²) in [5.74, 6) is 0.0448. The van der Waals surface area contributed by atoms with E-state index in [1.807, 2.05) is 18.0 Å². The van der Waals surface area contributed by atoms with Crippen molar-refractivity contribution in [3.8, 4) is 0 Å². The van der Waals surface area contributed by atoms with Crippen LogP contribution in [0.3, 0.4) is 0 Å². The topological polar surface area (TPSA) is 69.7 Å². The summed E-state index contributed by atoms with van der Waals surface area (Å²) in [5.41, 5.74) is 2.30. The Hall–Kier alpha value is -1.31. The quantitative estimate of drug-likeness (QED) is 0.862. The molecule has 0 spiro atoms. The second kappa shape index (κ2) is 7.29. The van der Waals surface area contributed by atoms with Crippen LogP contribution in [0, 0.1) is 0 Å². The molecule has 1 N–H and O–H groups in total. The maximum atomic E-state index is 12.8. The number of nitrogens with one attached hydrogen (secondary N) is 1. The minimum Gasteiger partial charge on any atom is -0.334 e. The molecule has 0 aliphatic carbocycles. The molecule has 2 aliphatic heterocycles. The van der Waals surface area contributed by atoms with E-state index in [4.69, 9.17) is 0 Å². The van der Waals surface area contributed by atoms with Gasteiger partial charge in [0.25, 0.3) is 5.91 Å². The van der Waals surface area contributed by atoms with Gasteiger partial charge in [-0.15, -0.1) is 12.4 Å². The zero-order valence-electron chi connectivity index (χ0n) is 14.0. The molecule has 1 atom stereocenters. The molecule has 24 heavy (non-hydrogen) atoms. The van der Waals surface area contributed by atoms with Crippen LogP contribution in [0.1, 0.15) is 28.8 Å². The van der Waals surface area contributed by atoms with E-state index < -0.39 is 10.0 Å². The molecule has 1 amide bonds. The molecule has 1 fully saturated rings. The van der Waals surface area contributed by atoms with Gasteiger partial charge < -0.3 is 10.2 Å². The number of carbonyl (C=O) groups is 1. The van der Waals surface area contributed by atoms with E-state index >= 15 is 0 Å². The Morgan fingerprint density at radius 1 is 1.33 bits per heavy atom. The largest absolute Gasteiger partial charge is 0.334 e. The number of halogens is 1. The Balaban J connectivity index is 0.00000208. The van der Waals surface area contributed by atoms with Crippen LogP contribution < -0.4 is 9.62 Å². The lowest BCUT2D eigenvalue weighted by Crippen LogP contribution is -2.40. The number of benzene rings is 1. The van der Waals surface area contributed by atoms with Gasteiger partial charge in [0.1, 0.15) is 0 Å². The van der Waals surface area contributed by atoms with Gasteiger partial charge in [0, 0.05) is 31.2 Å². The first-order valence-electron chi connectivity index (χ1n) is 7.98. The van der Waals surface area contributed by atoms with Crippen molar-refractivity contribution in [3.05, 3.63) is 29.3 Å². The van der Waals surface area contributed by atoms with Crippen LogP contribution in [0.5, 0.6) is 0 Å². The monoisotopic (exact) mass is 373 g/mol. The fourth-order valence-electron chi connectivity index (χ4n) is 3.57. The fraction of sp³-hybridized carbons (Fsp3) is 0.562. The van der Waals surface area contributed by atoms with E-state index in [2.05, 4.69) is 5.32 Å². The molecule has 134 valence electrons. The third-order valence-electron chi connectivity index (χ3n) is 4.66. The van der Waals surface area contributed by atoms with Crippen molar-refractivity contribution >= 4 is 34.0 Å². The first kappa shape index (κ1) is 19.0. The SMILES string of the molecule is CNCC1CCCN1C(=O)c1ccc2c(c1)CCN2S(C)(=O)=O.Cl. The van der Waals surface area contributed by atoms with Crippen molar-refractivity contribution in [2.75, 3.05) is 37.2 Å². The van der Waals surface area contributed by atoms with Gasteiger partial charge in [0.15, 0.2) is 0 Å². The Morgan fingerprint density at radius 3 is 2.75 bits per heavy atom. The summed E-state index contributed by atoms with van der Waals surface area (Å²) < 4.78 is 25.0. The Labute approximate surface area is 149 Å². The minimum absolute atomic E-state index is 0. The van der Waals surface area contributed by atoms with Gasteiger partial charge in [0.05, 0.1) is 11.9 Å². The summed E-state index contributed by atoms with van der Waals surface area (Å²) in [4.78, 5) is 14.7. The highest BCUT2D eigenvalue weighted by atomic mass is 35.5. The molecule has 0 saturated carbocycles. The van der Waals surface area contributed by atoms with Gasteiger partial charge in [-0.3, -0.25) is 9.10 Å². The molecule has 0 bridgehead atoms. The highest BCUT2D eigenvalue weighted by molar-refractivity contribution is 7.92. The first-order chi connectivity index (χ1) is 10.9. The molecule has 3 rings (SSSR count). The molecular weight excluding hydrogens is 350 g/mol. The van der Waals surface area contributed by atoms with Gasteiger partial charge in [0.2, 0.25) is 10.0 Å². The molecule has 1 unspecified atom stereocenters. The first-order valence-corrected chi connectivity index (χ1v) is 9.83. The molecule has 6 nitrogen and oxygen atoms in total. The maximum Gasteiger partial charge on any atom is 0.254 e. The second-order valence-electron chi connectivity index (χ2n) is 6.28. The zero-order chi connectivity index (χ0) is 16.6. The van der Waals surface area contributed by atoms with Crippen LogP contribution in [-0.2, 0) is 16.4 Å². The van der Waals surface area contributed by atoms with E-state index in [0.29, 0.717) is 24.2 Å². The van der Waals surface area contributed by atoms with E-state index in [0.717, 1.165) is 31.5 Å². The third kappa shape index (κ3) is 3.53. The van der Waals surface area contributed by atoms with Crippen LogP contribution in [0.2, 0.25) is 0 Å². The number of hydrogen-bond donors (Lipinski definition) is 1. The lowest BCUT2D eigenvalue weighted by Gasteiger charge is -2.25. The number of anilines is 1. The molecule has 0 radical (unpaired) electrons. The highest BCUT2D eigenvalue weighted by Crippen LogP contribution is 2.31. The number of rotatable bonds is 4. The van der Waals surface area contributed by atoms with Crippen molar-refractivity contribution in [1.29, 1.82) is 0 Å². The van der Waals surface area contributed by atoms with Crippen LogP contribution in [-0.4, -0.2) is 58.2 Å². The average Bonchev–Trinajstić information content (AvgIpc) is 3.11. The van der Waals surface area contributed by atoms with Crippen LogP contribution in [0.15, 0.2) is 18.2 Å². The Kier molecular flexibility index (Phi) is 5.78. The Bertz CT molecular complexity index is 723. The fourth-order valence-corrected chi connectivity index (χ4v) is 4.52. The van der Waals surface area contributed by atoms with Crippen LogP contribution in [0.25, 0.3) is 0 Å². The lowest BCUT2D eigenvalue weighted by molar-refractivity contribution is 0.0737. The zero-order valence-corrected chi connectivity index (χ0v) is 15.6. The summed E-state index contributed by atoms with van der Waals surface area (Å²) in [6, 6.07) is 5.62. The molecule has 2 aliphatic rings. The summed E-state index contributed by atoms with van der Waals surface area (Å²) in [5, 5.41) is 3.14. The van der Waals surface area contributed by atoms with Crippen molar-refractivity contribution in [1.82, 2.24) is 10.2 Å². The van der Waals surface area contributed by atoms with Gasteiger partial charge in [-0.2, -0.15) is 0 Å². The van der Waals surface area contributed by atoms with Gasteiger partial charge in [-0.25, -0.2) is 8.42 Å². The molecule has 1 aromatic rings. The van der Waals surface area contributed by atoms with Crippen molar-refractivity contribution in [2.45, 2.75) is 25.3 Å². The number of likely N-dealkylation sites (tertiary alicyclic amines) is 1. The van der Waals surface area contributed by atoms with Crippen LogP contribution in [0.4, 0.5) is 5.69 Å². The van der Waals surface area contributed by atoms with Gasteiger partial charge in [-0.05, 0) is 50.1 Å². The van der Waals surface area contributed by atoms with Crippen LogP contribution >= 0.6 is 12.4 Å². The number of carbonyl (C=O) groups excluding carboxylic acids is 1. The Morgan fingerprint density at radius 2 is 2.08 bits per heavy atom. The molecule has 0 aromatic heterocycles. The maximum absolute atomic E-state index is 12.8. The standard InChI is InChI=1S/C16H23N3O3S.ClH/c1-17-11-14-4-3-8-18(14)16(20)13-5-6-15-12(10-13)7-9-19(15)23(2,21)22;/h5-6,10,14,17H,3-4,7-9,11H2,1-2H3;1H. The van der Waals surface area contributed by atoms with Crippen molar-refractivity contribution in [2.24, 2.45) is 0 Å². The summed E-state index contributed by atoms with van der Waals surface area (Å²) >= 11 is 0. The smallest absolute Gasteiger partial charge is 0.254 e. The van der Waals surface area contributed by atoms with Gasteiger partial charge >= 0.3 is 0 Å². The molecule has 1 saturated heterocycles. The predicted octanol–water partition coefficient (Wildman–Crippen LogP) is 1.25. The van der Waals surface area contributed by atoms with Gasteiger partial charge in [-0.1, -0.05) is 0 Å². The van der Waals surface area contributed by atoms with E-state index in [1.165, 1.54) is 10.6 Å². The molecule has 2 heterocycles. The summed E-state index contributed by atoms with van der Waals surface area (Å²) in [6.07, 6.45) is 3.93. The number of fused-ring (bicyclic) bond motifs is 1. The number of hydrogen-bond acceptors (Lipinski definition) is 4. The highest BCUT2D eigenvalue weighted by Gasteiger charge is 2.31. The number of amides is 1. The van der Waals surface area contributed by atoms with E-state index in [-0.39, 0.29) is 24.4 Å². The third-order valence-corrected chi connectivity index (χ3v) is 5.84. The van der Waals surface area contributed by atoms with E-state index in [9.17, 15) is 13.2 Å². The summed E-state index contributed by atoms with van der Waals surface area (Å²) in [6.45, 7) is 2.05. The lowest BCUT2D eigenvalue weighted by atomic mass is 10.1. The second-order valence-corrected chi connectivity index (χ2v) is 8.19. The number of nitrogens with zero attached hydrogens (tertiary/aromatic N) is 2.